The maximum absolute atomic E-state index is 5.15. The van der Waals surface area contributed by atoms with Gasteiger partial charge < -0.3 is 9.72 Å². The molecule has 16 heavy (non-hydrogen) atoms. The Labute approximate surface area is 94.4 Å². The van der Waals surface area contributed by atoms with Crippen molar-refractivity contribution in [1.29, 1.82) is 0 Å². The molecule has 1 aromatic carbocycles. The summed E-state index contributed by atoms with van der Waals surface area (Å²) in [5, 5.41) is 1.35. The first-order valence-corrected chi connectivity index (χ1v) is 5.56. The molecule has 0 fully saturated rings. The summed E-state index contributed by atoms with van der Waals surface area (Å²) in [4.78, 5) is 3.45. The van der Waals surface area contributed by atoms with Gasteiger partial charge in [0.2, 0.25) is 6.73 Å². The molecule has 1 aliphatic rings. The largest absolute Gasteiger partial charge is 0.350 e. The number of para-hydroxylation sites is 1. The molecule has 1 N–H and O–H groups in total. The van der Waals surface area contributed by atoms with E-state index >= 15 is 0 Å². The van der Waals surface area contributed by atoms with Gasteiger partial charge in [0.15, 0.2) is 6.21 Å². The quantitative estimate of drug-likeness (QED) is 0.760. The number of nitrogens with zero attached hydrogens (tertiary/aromatic N) is 1. The van der Waals surface area contributed by atoms with Crippen molar-refractivity contribution < 1.29 is 9.31 Å². The van der Waals surface area contributed by atoms with Crippen LogP contribution in [0.25, 0.3) is 10.9 Å². The Morgan fingerprint density at radius 2 is 2.25 bits per heavy atom. The molecule has 1 aliphatic heterocycles. The third kappa shape index (κ3) is 1.44. The first-order valence-electron chi connectivity index (χ1n) is 5.56. The summed E-state index contributed by atoms with van der Waals surface area (Å²) in [5.41, 5.74) is 3.88. The zero-order valence-corrected chi connectivity index (χ0v) is 9.36. The van der Waals surface area contributed by atoms with Gasteiger partial charge in [-0.25, -0.2) is 4.58 Å². The predicted octanol–water partition coefficient (Wildman–Crippen LogP) is 1.76. The van der Waals surface area contributed by atoms with Crippen LogP contribution in [-0.2, 0) is 11.2 Å². The normalized spacial score (nSPS) is 14.9. The van der Waals surface area contributed by atoms with Gasteiger partial charge in [-0.2, -0.15) is 0 Å². The van der Waals surface area contributed by atoms with Crippen LogP contribution in [0.15, 0.2) is 24.3 Å². The molecule has 0 bridgehead atoms. The third-order valence-electron chi connectivity index (χ3n) is 3.10. The highest BCUT2D eigenvalue weighted by Gasteiger charge is 2.19. The number of aromatic nitrogens is 1. The van der Waals surface area contributed by atoms with Crippen molar-refractivity contribution in [3.05, 3.63) is 35.5 Å². The average Bonchev–Trinajstić information content (AvgIpc) is 2.67. The van der Waals surface area contributed by atoms with Crippen molar-refractivity contribution in [2.45, 2.75) is 6.42 Å². The predicted molar refractivity (Wildman–Crippen MR) is 64.2 cm³/mol. The summed E-state index contributed by atoms with van der Waals surface area (Å²) in [5.74, 6) is 0. The maximum atomic E-state index is 5.15. The second-order valence-corrected chi connectivity index (χ2v) is 4.17. The minimum atomic E-state index is 0.662. The zero-order chi connectivity index (χ0) is 11.0. The summed E-state index contributed by atoms with van der Waals surface area (Å²) in [6.45, 7) is 1.69. The molecule has 82 valence electrons. The highest BCUT2D eigenvalue weighted by molar-refractivity contribution is 5.92. The van der Waals surface area contributed by atoms with Gasteiger partial charge in [0.05, 0.1) is 0 Å². The molecule has 3 rings (SSSR count). The summed E-state index contributed by atoms with van der Waals surface area (Å²) in [6.07, 6.45) is 3.24. The smallest absolute Gasteiger partial charge is 0.247 e. The van der Waals surface area contributed by atoms with Crippen molar-refractivity contribution in [3.63, 3.8) is 0 Å². The van der Waals surface area contributed by atoms with Crippen LogP contribution in [-0.4, -0.2) is 36.2 Å². The molecule has 0 aliphatic carbocycles. The number of H-pyrrole nitrogens is 1. The van der Waals surface area contributed by atoms with Crippen molar-refractivity contribution in [3.8, 4) is 0 Å². The van der Waals surface area contributed by atoms with Crippen LogP contribution in [0.4, 0.5) is 0 Å². The molecule has 0 amide bonds. The van der Waals surface area contributed by atoms with E-state index in [2.05, 4.69) is 40.0 Å². The number of methoxy groups -OCH3 is 1. The molecule has 0 radical (unpaired) electrons. The minimum Gasteiger partial charge on any atom is -0.350 e. The lowest BCUT2D eigenvalue weighted by Crippen LogP contribution is -2.24. The Kier molecular flexibility index (Phi) is 2.26. The van der Waals surface area contributed by atoms with E-state index in [0.717, 1.165) is 13.0 Å². The van der Waals surface area contributed by atoms with Gasteiger partial charge >= 0.3 is 0 Å². The maximum Gasteiger partial charge on any atom is 0.247 e. The van der Waals surface area contributed by atoms with Gasteiger partial charge in [-0.05, 0) is 11.6 Å². The molecule has 3 nitrogen and oxygen atoms in total. The fourth-order valence-electron chi connectivity index (χ4n) is 2.37. The van der Waals surface area contributed by atoms with Crippen LogP contribution >= 0.6 is 0 Å². The molecule has 2 heterocycles. The van der Waals surface area contributed by atoms with Crippen LogP contribution in [0.2, 0.25) is 0 Å². The number of rotatable bonds is 2. The lowest BCUT2D eigenvalue weighted by Gasteiger charge is -2.08. The molecule has 0 saturated carbocycles. The summed E-state index contributed by atoms with van der Waals surface area (Å²) in [7, 11) is 1.73. The summed E-state index contributed by atoms with van der Waals surface area (Å²) < 4.78 is 7.34. The highest BCUT2D eigenvalue weighted by Crippen LogP contribution is 2.23. The van der Waals surface area contributed by atoms with Crippen molar-refractivity contribution in [1.82, 2.24) is 4.98 Å². The lowest BCUT2D eigenvalue weighted by molar-refractivity contribution is -0.562. The molecular weight excluding hydrogens is 200 g/mol. The van der Waals surface area contributed by atoms with Crippen molar-refractivity contribution >= 4 is 17.1 Å². The van der Waals surface area contributed by atoms with Crippen LogP contribution in [0.3, 0.4) is 0 Å². The van der Waals surface area contributed by atoms with E-state index in [4.69, 9.17) is 4.74 Å². The van der Waals surface area contributed by atoms with Crippen molar-refractivity contribution in [2.24, 2.45) is 0 Å². The van der Waals surface area contributed by atoms with E-state index in [1.165, 1.54) is 22.2 Å². The number of benzene rings is 1. The van der Waals surface area contributed by atoms with Crippen LogP contribution in [0.5, 0.6) is 0 Å². The van der Waals surface area contributed by atoms with E-state index < -0.39 is 0 Å². The summed E-state index contributed by atoms with van der Waals surface area (Å²) in [6, 6.07) is 8.47. The zero-order valence-electron chi connectivity index (χ0n) is 9.36. The lowest BCUT2D eigenvalue weighted by atomic mass is 10.1. The number of nitrogens with one attached hydrogen (secondary N) is 1. The van der Waals surface area contributed by atoms with E-state index in [0.29, 0.717) is 6.73 Å². The van der Waals surface area contributed by atoms with Gasteiger partial charge in [-0.3, -0.25) is 0 Å². The summed E-state index contributed by atoms with van der Waals surface area (Å²) >= 11 is 0. The Bertz CT molecular complexity index is 554. The average molecular weight is 215 g/mol. The number of aromatic amines is 1. The topological polar surface area (TPSA) is 28.0 Å². The van der Waals surface area contributed by atoms with Crippen LogP contribution in [0, 0.1) is 0 Å². The van der Waals surface area contributed by atoms with E-state index in [-0.39, 0.29) is 0 Å². The monoisotopic (exact) mass is 215 g/mol. The van der Waals surface area contributed by atoms with Gasteiger partial charge in [-0.1, -0.05) is 18.2 Å². The van der Waals surface area contributed by atoms with Gasteiger partial charge in [0.1, 0.15) is 12.2 Å². The van der Waals surface area contributed by atoms with Gasteiger partial charge in [-0.15, -0.1) is 0 Å². The number of hydrogen-bond donors (Lipinski definition) is 1. The van der Waals surface area contributed by atoms with E-state index in [1.807, 2.05) is 0 Å². The van der Waals surface area contributed by atoms with Gasteiger partial charge in [0, 0.05) is 24.4 Å². The Balaban J connectivity index is 2.12. The van der Waals surface area contributed by atoms with Gasteiger partial charge in [0.25, 0.3) is 0 Å². The standard InChI is InChI=1S/C13H14N2O/c1-16-9-15-7-6-11-10-4-2-3-5-12(10)14-13(11)8-15/h2-5,8H,6-7,9H2,1H3/p+1. The minimum absolute atomic E-state index is 0.662. The Morgan fingerprint density at radius 1 is 1.38 bits per heavy atom. The Hall–Kier alpha value is -1.61. The van der Waals surface area contributed by atoms with E-state index in [9.17, 15) is 0 Å². The molecule has 0 spiro atoms. The van der Waals surface area contributed by atoms with Crippen LogP contribution in [0.1, 0.15) is 11.3 Å². The van der Waals surface area contributed by atoms with Crippen molar-refractivity contribution in [2.75, 3.05) is 20.4 Å². The second-order valence-electron chi connectivity index (χ2n) is 4.17. The van der Waals surface area contributed by atoms with E-state index in [1.54, 1.807) is 7.11 Å². The molecule has 0 atom stereocenters. The number of fused-ring (bicyclic) bond motifs is 3. The molecular formula is C13H15N2O+. The first kappa shape index (κ1) is 9.60. The Morgan fingerprint density at radius 3 is 3.12 bits per heavy atom. The third-order valence-corrected chi connectivity index (χ3v) is 3.10. The molecule has 0 unspecified atom stereocenters. The molecule has 1 aromatic heterocycles. The molecule has 2 aromatic rings. The van der Waals surface area contributed by atoms with Crippen LogP contribution < -0.4 is 0 Å². The fourth-order valence-corrected chi connectivity index (χ4v) is 2.37. The SMILES string of the molecule is COC[N+]1=Cc2[nH]c3ccccc3c2CC1. The molecule has 3 heteroatoms. The number of ether oxygens (including phenoxy) is 1. The molecule has 0 saturated heterocycles. The fraction of sp³-hybridized carbons (Fsp3) is 0.308. The highest BCUT2D eigenvalue weighted by atomic mass is 16.5. The number of hydrogen-bond acceptors (Lipinski definition) is 1. The second kappa shape index (κ2) is 3.76. The first-order chi connectivity index (χ1) is 7.88.